The molecular weight excluding hydrogens is 298 g/mol. The fraction of sp³-hybridized carbons (Fsp3) is 0.0769. The van der Waals surface area contributed by atoms with Crippen molar-refractivity contribution in [1.82, 2.24) is 15.5 Å². The highest BCUT2D eigenvalue weighted by molar-refractivity contribution is 6.32. The van der Waals surface area contributed by atoms with Crippen molar-refractivity contribution >= 4 is 23.5 Å². The fourth-order valence-electron chi connectivity index (χ4n) is 1.45. The molecule has 0 aliphatic rings. The lowest BCUT2D eigenvalue weighted by molar-refractivity contribution is 0.0696. The number of rotatable bonds is 4. The van der Waals surface area contributed by atoms with Crippen LogP contribution in [0.3, 0.4) is 0 Å². The Morgan fingerprint density at radius 2 is 2.00 bits per heavy atom. The van der Waals surface area contributed by atoms with Crippen LogP contribution in [0.15, 0.2) is 30.3 Å². The van der Waals surface area contributed by atoms with Gasteiger partial charge in [-0.05, 0) is 24.3 Å². The molecule has 7 nitrogen and oxygen atoms in total. The van der Waals surface area contributed by atoms with Crippen LogP contribution in [-0.4, -0.2) is 34.2 Å². The predicted molar refractivity (Wildman–Crippen MR) is 73.9 cm³/mol. The molecule has 2 rings (SSSR count). The Labute approximate surface area is 124 Å². The maximum atomic E-state index is 11.3. The van der Waals surface area contributed by atoms with Gasteiger partial charge in [-0.1, -0.05) is 11.6 Å². The van der Waals surface area contributed by atoms with Crippen LogP contribution in [0.1, 0.15) is 20.8 Å². The molecule has 0 fully saturated rings. The molecule has 1 aromatic heterocycles. The largest absolute Gasteiger partial charge is 0.478 e. The van der Waals surface area contributed by atoms with Gasteiger partial charge in [-0.25, -0.2) is 4.79 Å². The zero-order valence-electron chi connectivity index (χ0n) is 10.8. The summed E-state index contributed by atoms with van der Waals surface area (Å²) in [5, 5.41) is 18.8. The average molecular weight is 308 g/mol. The van der Waals surface area contributed by atoms with Gasteiger partial charge in [-0.2, -0.15) is 0 Å². The highest BCUT2D eigenvalue weighted by Crippen LogP contribution is 2.29. The summed E-state index contributed by atoms with van der Waals surface area (Å²) in [6, 6.07) is 6.95. The molecule has 0 radical (unpaired) electrons. The molecule has 0 aliphatic carbocycles. The van der Waals surface area contributed by atoms with Crippen LogP contribution < -0.4 is 10.1 Å². The summed E-state index contributed by atoms with van der Waals surface area (Å²) in [6.07, 6.45) is 0. The zero-order valence-corrected chi connectivity index (χ0v) is 11.6. The van der Waals surface area contributed by atoms with Gasteiger partial charge in [0.2, 0.25) is 5.88 Å². The Morgan fingerprint density at radius 1 is 1.24 bits per heavy atom. The van der Waals surface area contributed by atoms with Gasteiger partial charge in [-0.15, -0.1) is 10.2 Å². The third-order valence-electron chi connectivity index (χ3n) is 2.49. The molecule has 2 aromatic rings. The van der Waals surface area contributed by atoms with E-state index in [0.717, 1.165) is 0 Å². The molecule has 0 saturated heterocycles. The van der Waals surface area contributed by atoms with Crippen LogP contribution in [0.5, 0.6) is 11.6 Å². The van der Waals surface area contributed by atoms with Crippen molar-refractivity contribution < 1.29 is 19.4 Å². The minimum absolute atomic E-state index is 0.0494. The quantitative estimate of drug-likeness (QED) is 0.895. The van der Waals surface area contributed by atoms with E-state index in [4.69, 9.17) is 21.4 Å². The third kappa shape index (κ3) is 3.46. The molecule has 0 spiro atoms. The van der Waals surface area contributed by atoms with E-state index in [1.807, 2.05) is 0 Å². The topological polar surface area (TPSA) is 101 Å². The number of aromatic nitrogens is 2. The average Bonchev–Trinajstić information content (AvgIpc) is 2.49. The number of aromatic carboxylic acids is 1. The molecule has 1 aromatic carbocycles. The van der Waals surface area contributed by atoms with Gasteiger partial charge in [0.05, 0.1) is 10.6 Å². The van der Waals surface area contributed by atoms with Gasteiger partial charge >= 0.3 is 5.97 Å². The Bertz CT molecular complexity index is 688. The monoisotopic (exact) mass is 307 g/mol. The van der Waals surface area contributed by atoms with E-state index in [1.54, 1.807) is 0 Å². The first-order valence-corrected chi connectivity index (χ1v) is 6.15. The number of benzene rings is 1. The number of hydrogen-bond acceptors (Lipinski definition) is 5. The van der Waals surface area contributed by atoms with Crippen LogP contribution >= 0.6 is 11.6 Å². The van der Waals surface area contributed by atoms with Crippen molar-refractivity contribution in [3.63, 3.8) is 0 Å². The number of carbonyl (C=O) groups is 2. The van der Waals surface area contributed by atoms with Crippen molar-refractivity contribution in [2.75, 3.05) is 7.05 Å². The molecule has 2 N–H and O–H groups in total. The summed E-state index contributed by atoms with van der Waals surface area (Å²) in [5.41, 5.74) is 0.200. The number of nitrogens with zero attached hydrogens (tertiary/aromatic N) is 2. The maximum Gasteiger partial charge on any atom is 0.335 e. The molecule has 0 bridgehead atoms. The normalized spacial score (nSPS) is 10.0. The Balaban J connectivity index is 2.18. The van der Waals surface area contributed by atoms with Gasteiger partial charge in [0.15, 0.2) is 5.69 Å². The minimum Gasteiger partial charge on any atom is -0.478 e. The number of halogens is 1. The third-order valence-corrected chi connectivity index (χ3v) is 2.79. The van der Waals surface area contributed by atoms with Gasteiger partial charge in [-0.3, -0.25) is 4.79 Å². The summed E-state index contributed by atoms with van der Waals surface area (Å²) in [6.45, 7) is 0. The predicted octanol–water partition coefficient (Wildman–Crippen LogP) is 1.98. The number of carbonyl (C=O) groups excluding carboxylic acids is 1. The first-order valence-electron chi connectivity index (χ1n) is 5.78. The molecule has 0 aliphatic heterocycles. The van der Waals surface area contributed by atoms with Crippen molar-refractivity contribution in [2.45, 2.75) is 0 Å². The number of amides is 1. The summed E-state index contributed by atoms with van der Waals surface area (Å²) >= 11 is 5.93. The second-order valence-corrected chi connectivity index (χ2v) is 4.30. The minimum atomic E-state index is -1.09. The SMILES string of the molecule is CNC(=O)c1ccc(Oc2ccc(C(=O)O)cc2Cl)nn1. The van der Waals surface area contributed by atoms with E-state index < -0.39 is 5.97 Å². The maximum absolute atomic E-state index is 11.3. The van der Waals surface area contributed by atoms with Crippen molar-refractivity contribution in [2.24, 2.45) is 0 Å². The Kier molecular flexibility index (Phi) is 4.34. The molecular formula is C13H10ClN3O4. The molecule has 0 atom stereocenters. The van der Waals surface area contributed by atoms with E-state index in [0.29, 0.717) is 0 Å². The summed E-state index contributed by atoms with van der Waals surface area (Å²) in [7, 11) is 1.48. The van der Waals surface area contributed by atoms with Gasteiger partial charge in [0.1, 0.15) is 5.75 Å². The van der Waals surface area contributed by atoms with Crippen LogP contribution in [0.25, 0.3) is 0 Å². The molecule has 21 heavy (non-hydrogen) atoms. The lowest BCUT2D eigenvalue weighted by Crippen LogP contribution is -2.19. The van der Waals surface area contributed by atoms with Crippen LogP contribution in [0, 0.1) is 0 Å². The number of nitrogens with one attached hydrogen (secondary N) is 1. The number of hydrogen-bond donors (Lipinski definition) is 2. The van der Waals surface area contributed by atoms with Crippen LogP contribution in [0.2, 0.25) is 5.02 Å². The smallest absolute Gasteiger partial charge is 0.335 e. The van der Waals surface area contributed by atoms with Gasteiger partial charge in [0, 0.05) is 13.1 Å². The second kappa shape index (κ2) is 6.19. The first kappa shape index (κ1) is 14.7. The fourth-order valence-corrected chi connectivity index (χ4v) is 1.67. The van der Waals surface area contributed by atoms with Crippen molar-refractivity contribution in [3.05, 3.63) is 46.6 Å². The van der Waals surface area contributed by atoms with Gasteiger partial charge in [0.25, 0.3) is 5.91 Å². The number of ether oxygens (including phenoxy) is 1. The lowest BCUT2D eigenvalue weighted by atomic mass is 10.2. The Morgan fingerprint density at radius 3 is 2.52 bits per heavy atom. The summed E-state index contributed by atoms with van der Waals surface area (Å²) in [5.74, 6) is -1.08. The second-order valence-electron chi connectivity index (χ2n) is 3.89. The summed E-state index contributed by atoms with van der Waals surface area (Å²) < 4.78 is 5.38. The van der Waals surface area contributed by atoms with Crippen molar-refractivity contribution in [3.8, 4) is 11.6 Å². The number of carboxylic acids is 1. The molecule has 1 amide bonds. The first-order chi connectivity index (χ1) is 10.0. The summed E-state index contributed by atoms with van der Waals surface area (Å²) in [4.78, 5) is 22.1. The van der Waals surface area contributed by atoms with Crippen LogP contribution in [-0.2, 0) is 0 Å². The van der Waals surface area contributed by atoms with Gasteiger partial charge < -0.3 is 15.2 Å². The zero-order chi connectivity index (χ0) is 15.4. The Hall–Kier alpha value is -2.67. The molecule has 8 heteroatoms. The molecule has 108 valence electrons. The molecule has 1 heterocycles. The van der Waals surface area contributed by atoms with E-state index >= 15 is 0 Å². The van der Waals surface area contributed by atoms with Crippen molar-refractivity contribution in [1.29, 1.82) is 0 Å². The van der Waals surface area contributed by atoms with Crippen LogP contribution in [0.4, 0.5) is 0 Å². The van der Waals surface area contributed by atoms with E-state index in [1.165, 1.54) is 37.4 Å². The highest BCUT2D eigenvalue weighted by atomic mass is 35.5. The standard InChI is InChI=1S/C13H10ClN3O4/c1-15-12(18)9-3-5-11(17-16-9)21-10-4-2-7(13(19)20)6-8(10)14/h2-6H,1H3,(H,15,18)(H,19,20). The van der Waals surface area contributed by atoms with E-state index in [9.17, 15) is 9.59 Å². The van der Waals surface area contributed by atoms with E-state index in [-0.39, 0.29) is 33.8 Å². The molecule has 0 saturated carbocycles. The lowest BCUT2D eigenvalue weighted by Gasteiger charge is -2.07. The number of carboxylic acid groups (broad SMARTS) is 1. The highest BCUT2D eigenvalue weighted by Gasteiger charge is 2.10. The molecule has 0 unspecified atom stereocenters. The van der Waals surface area contributed by atoms with E-state index in [2.05, 4.69) is 15.5 Å².